The number of fused-ring (bicyclic) bond motifs is 1. The number of benzene rings is 1. The van der Waals surface area contributed by atoms with Crippen LogP contribution in [0.1, 0.15) is 11.6 Å². The van der Waals surface area contributed by atoms with E-state index in [4.69, 9.17) is 4.74 Å². The SMILES string of the molecule is CN[C@H]1COc2cc(OC(F)(F)F)ccc21. The van der Waals surface area contributed by atoms with E-state index in [0.717, 1.165) is 5.56 Å². The number of nitrogens with one attached hydrogen (secondary N) is 1. The number of rotatable bonds is 2. The molecule has 0 saturated carbocycles. The van der Waals surface area contributed by atoms with Gasteiger partial charge in [-0.3, -0.25) is 0 Å². The Hall–Kier alpha value is -1.43. The van der Waals surface area contributed by atoms with E-state index in [1.807, 2.05) is 0 Å². The van der Waals surface area contributed by atoms with Gasteiger partial charge in [0.05, 0.1) is 6.04 Å². The van der Waals surface area contributed by atoms with Crippen LogP contribution >= 0.6 is 0 Å². The maximum Gasteiger partial charge on any atom is 0.573 e. The smallest absolute Gasteiger partial charge is 0.491 e. The van der Waals surface area contributed by atoms with E-state index in [-0.39, 0.29) is 11.8 Å². The first-order chi connectivity index (χ1) is 7.49. The van der Waals surface area contributed by atoms with Crippen molar-refractivity contribution in [2.75, 3.05) is 13.7 Å². The molecule has 0 saturated heterocycles. The second kappa shape index (κ2) is 3.86. The summed E-state index contributed by atoms with van der Waals surface area (Å²) in [6, 6.07) is 4.13. The van der Waals surface area contributed by atoms with E-state index >= 15 is 0 Å². The molecule has 1 aromatic rings. The Bertz CT molecular complexity index is 392. The van der Waals surface area contributed by atoms with Crippen LogP contribution in [-0.2, 0) is 0 Å². The first-order valence-electron chi connectivity index (χ1n) is 4.69. The third-order valence-electron chi connectivity index (χ3n) is 2.35. The Morgan fingerprint density at radius 3 is 2.81 bits per heavy atom. The Kier molecular flexibility index (Phi) is 2.67. The van der Waals surface area contributed by atoms with E-state index in [0.29, 0.717) is 12.4 Å². The molecule has 0 spiro atoms. The number of ether oxygens (including phenoxy) is 2. The molecule has 0 fully saturated rings. The highest BCUT2D eigenvalue weighted by molar-refractivity contribution is 5.45. The van der Waals surface area contributed by atoms with Gasteiger partial charge in [0.2, 0.25) is 0 Å². The zero-order valence-electron chi connectivity index (χ0n) is 8.47. The zero-order chi connectivity index (χ0) is 11.8. The monoisotopic (exact) mass is 233 g/mol. The summed E-state index contributed by atoms with van der Waals surface area (Å²) >= 11 is 0. The molecule has 0 aromatic heterocycles. The van der Waals surface area contributed by atoms with Crippen LogP contribution in [0.15, 0.2) is 18.2 Å². The van der Waals surface area contributed by atoms with Gasteiger partial charge in [-0.2, -0.15) is 0 Å². The van der Waals surface area contributed by atoms with Crippen molar-refractivity contribution in [3.05, 3.63) is 23.8 Å². The van der Waals surface area contributed by atoms with Crippen LogP contribution in [0.2, 0.25) is 0 Å². The Balaban J connectivity index is 2.21. The minimum atomic E-state index is -4.67. The summed E-state index contributed by atoms with van der Waals surface area (Å²) in [5, 5.41) is 3.00. The lowest BCUT2D eigenvalue weighted by atomic mass is 10.1. The summed E-state index contributed by atoms with van der Waals surface area (Å²) in [6.45, 7) is 0.418. The Morgan fingerprint density at radius 2 is 2.19 bits per heavy atom. The summed E-state index contributed by atoms with van der Waals surface area (Å²) in [4.78, 5) is 0. The van der Waals surface area contributed by atoms with Crippen molar-refractivity contribution in [3.63, 3.8) is 0 Å². The normalized spacial score (nSPS) is 19.1. The van der Waals surface area contributed by atoms with Gasteiger partial charge in [-0.1, -0.05) is 0 Å². The number of hydrogen-bond acceptors (Lipinski definition) is 3. The van der Waals surface area contributed by atoms with Gasteiger partial charge < -0.3 is 14.8 Å². The van der Waals surface area contributed by atoms with Crippen molar-refractivity contribution in [3.8, 4) is 11.5 Å². The number of alkyl halides is 3. The minimum Gasteiger partial charge on any atom is -0.491 e. The second-order valence-electron chi connectivity index (χ2n) is 3.40. The molecule has 16 heavy (non-hydrogen) atoms. The fraction of sp³-hybridized carbons (Fsp3) is 0.400. The van der Waals surface area contributed by atoms with Crippen LogP contribution in [0.3, 0.4) is 0 Å². The van der Waals surface area contributed by atoms with E-state index in [1.54, 1.807) is 13.1 Å². The van der Waals surface area contributed by atoms with Gasteiger partial charge >= 0.3 is 6.36 Å². The summed E-state index contributed by atoms with van der Waals surface area (Å²) in [6.07, 6.45) is -4.67. The summed E-state index contributed by atoms with van der Waals surface area (Å²) in [5.41, 5.74) is 0.844. The van der Waals surface area contributed by atoms with Crippen LogP contribution < -0.4 is 14.8 Å². The number of likely N-dealkylation sites (N-methyl/N-ethyl adjacent to an activating group) is 1. The first-order valence-corrected chi connectivity index (χ1v) is 4.69. The quantitative estimate of drug-likeness (QED) is 0.849. The molecule has 0 aliphatic carbocycles. The molecule has 6 heteroatoms. The second-order valence-corrected chi connectivity index (χ2v) is 3.40. The van der Waals surface area contributed by atoms with Crippen molar-refractivity contribution < 1.29 is 22.6 Å². The molecule has 1 atom stereocenters. The van der Waals surface area contributed by atoms with Crippen LogP contribution in [0.25, 0.3) is 0 Å². The molecular weight excluding hydrogens is 223 g/mol. The molecule has 1 heterocycles. The molecule has 88 valence electrons. The summed E-state index contributed by atoms with van der Waals surface area (Å²) in [7, 11) is 1.77. The van der Waals surface area contributed by atoms with Gasteiger partial charge in [0.25, 0.3) is 0 Å². The molecule has 0 bridgehead atoms. The first kappa shape index (κ1) is 11.1. The van der Waals surface area contributed by atoms with Crippen molar-refractivity contribution in [1.29, 1.82) is 0 Å². The van der Waals surface area contributed by atoms with Crippen LogP contribution in [0, 0.1) is 0 Å². The number of hydrogen-bond donors (Lipinski definition) is 1. The molecule has 1 N–H and O–H groups in total. The molecule has 0 amide bonds. The largest absolute Gasteiger partial charge is 0.573 e. The highest BCUT2D eigenvalue weighted by Crippen LogP contribution is 2.36. The topological polar surface area (TPSA) is 30.5 Å². The maximum atomic E-state index is 12.0. The Morgan fingerprint density at radius 1 is 1.44 bits per heavy atom. The van der Waals surface area contributed by atoms with Gasteiger partial charge in [0, 0.05) is 11.6 Å². The predicted octanol–water partition coefficient (Wildman–Crippen LogP) is 2.24. The van der Waals surface area contributed by atoms with E-state index in [9.17, 15) is 13.2 Å². The average molecular weight is 233 g/mol. The van der Waals surface area contributed by atoms with Gasteiger partial charge in [0.1, 0.15) is 18.1 Å². The summed E-state index contributed by atoms with van der Waals surface area (Å²) < 4.78 is 44.9. The third kappa shape index (κ3) is 2.21. The van der Waals surface area contributed by atoms with Gasteiger partial charge in [-0.25, -0.2) is 0 Å². The fourth-order valence-corrected chi connectivity index (χ4v) is 1.63. The molecule has 1 aliphatic rings. The lowest BCUT2D eigenvalue weighted by Crippen LogP contribution is -2.17. The molecule has 1 aromatic carbocycles. The van der Waals surface area contributed by atoms with Crippen LogP contribution in [0.5, 0.6) is 11.5 Å². The van der Waals surface area contributed by atoms with Crippen molar-refractivity contribution >= 4 is 0 Å². The zero-order valence-corrected chi connectivity index (χ0v) is 8.47. The van der Waals surface area contributed by atoms with E-state index in [1.165, 1.54) is 12.1 Å². The molecule has 0 radical (unpaired) electrons. The van der Waals surface area contributed by atoms with Crippen molar-refractivity contribution in [2.45, 2.75) is 12.4 Å². The lowest BCUT2D eigenvalue weighted by Gasteiger charge is -2.10. The van der Waals surface area contributed by atoms with E-state index in [2.05, 4.69) is 10.1 Å². The highest BCUT2D eigenvalue weighted by atomic mass is 19.4. The summed E-state index contributed by atoms with van der Waals surface area (Å²) in [5.74, 6) is 0.170. The standard InChI is InChI=1S/C10H10F3NO2/c1-14-8-5-15-9-4-6(2-3-7(8)9)16-10(11,12)13/h2-4,8,14H,5H2,1H3/t8-/m0/s1. The van der Waals surface area contributed by atoms with Gasteiger partial charge in [-0.15, -0.1) is 13.2 Å². The fourth-order valence-electron chi connectivity index (χ4n) is 1.63. The molecule has 1 aliphatic heterocycles. The molecule has 3 nitrogen and oxygen atoms in total. The average Bonchev–Trinajstić information content (AvgIpc) is 2.57. The predicted molar refractivity (Wildman–Crippen MR) is 50.4 cm³/mol. The van der Waals surface area contributed by atoms with Gasteiger partial charge in [0.15, 0.2) is 0 Å². The van der Waals surface area contributed by atoms with Crippen molar-refractivity contribution in [2.24, 2.45) is 0 Å². The molecule has 2 rings (SSSR count). The van der Waals surface area contributed by atoms with Gasteiger partial charge in [-0.05, 0) is 19.2 Å². The maximum absolute atomic E-state index is 12.0. The van der Waals surface area contributed by atoms with Crippen LogP contribution in [-0.4, -0.2) is 20.0 Å². The third-order valence-corrected chi connectivity index (χ3v) is 2.35. The minimum absolute atomic E-state index is 0.0231. The van der Waals surface area contributed by atoms with Crippen molar-refractivity contribution in [1.82, 2.24) is 5.32 Å². The van der Waals surface area contributed by atoms with Crippen LogP contribution in [0.4, 0.5) is 13.2 Å². The number of halogens is 3. The Labute approximate surface area is 90.2 Å². The van der Waals surface area contributed by atoms with E-state index < -0.39 is 6.36 Å². The lowest BCUT2D eigenvalue weighted by molar-refractivity contribution is -0.274. The molecule has 0 unspecified atom stereocenters. The highest BCUT2D eigenvalue weighted by Gasteiger charge is 2.32. The molecular formula is C10H10F3NO2.